The van der Waals surface area contributed by atoms with Gasteiger partial charge in [-0.25, -0.2) is 4.99 Å². The van der Waals surface area contributed by atoms with Gasteiger partial charge in [-0.05, 0) is 32.3 Å². The van der Waals surface area contributed by atoms with Crippen molar-refractivity contribution in [1.82, 2.24) is 10.2 Å². The third-order valence-corrected chi connectivity index (χ3v) is 4.51. The number of nitrogens with zero attached hydrogens (tertiary/aromatic N) is 2. The minimum Gasteiger partial charge on any atom is -0.404 e. The Morgan fingerprint density at radius 3 is 2.83 bits per heavy atom. The molecule has 1 heterocycles. The fraction of sp³-hybridized carbons (Fsp3) is 0.556. The summed E-state index contributed by atoms with van der Waals surface area (Å²) in [6, 6.07) is 0.211. The van der Waals surface area contributed by atoms with Gasteiger partial charge in [0.2, 0.25) is 0 Å². The summed E-state index contributed by atoms with van der Waals surface area (Å²) in [5.74, 6) is 0.866. The van der Waals surface area contributed by atoms with Gasteiger partial charge in [-0.15, -0.1) is 0 Å². The highest BCUT2D eigenvalue weighted by Gasteiger charge is 2.28. The molecular formula is C18H28N4O2. The second-order valence-corrected chi connectivity index (χ2v) is 6.39. The van der Waals surface area contributed by atoms with Gasteiger partial charge in [-0.2, -0.15) is 0 Å². The molecular weight excluding hydrogens is 304 g/mol. The highest BCUT2D eigenvalue weighted by atomic mass is 16.3. The van der Waals surface area contributed by atoms with Crippen molar-refractivity contribution in [3.8, 4) is 0 Å². The Bertz CT molecular complexity index is 559. The van der Waals surface area contributed by atoms with Gasteiger partial charge < -0.3 is 16.2 Å². The number of hydrogen-bond donors (Lipinski definition) is 3. The van der Waals surface area contributed by atoms with Crippen molar-refractivity contribution >= 4 is 11.7 Å². The third-order valence-electron chi connectivity index (χ3n) is 4.51. The molecule has 2 aliphatic rings. The van der Waals surface area contributed by atoms with Gasteiger partial charge in [0.25, 0.3) is 5.91 Å². The third kappa shape index (κ3) is 4.47. The van der Waals surface area contributed by atoms with Crippen LogP contribution in [-0.4, -0.2) is 40.4 Å². The topological polar surface area (TPSA) is 91.0 Å². The summed E-state index contributed by atoms with van der Waals surface area (Å²) in [4.78, 5) is 18.4. The molecule has 1 aliphatic carbocycles. The van der Waals surface area contributed by atoms with Gasteiger partial charge in [0.05, 0.1) is 0 Å². The second kappa shape index (κ2) is 8.68. The van der Waals surface area contributed by atoms with Crippen molar-refractivity contribution in [2.45, 2.75) is 57.5 Å². The molecule has 0 saturated heterocycles. The van der Waals surface area contributed by atoms with Crippen LogP contribution in [-0.2, 0) is 4.79 Å². The normalized spacial score (nSPS) is 23.8. The molecule has 24 heavy (non-hydrogen) atoms. The Balaban J connectivity index is 2.21. The number of carbonyl (C=O) groups excluding carboxylic acids is 1. The van der Waals surface area contributed by atoms with E-state index in [0.717, 1.165) is 12.8 Å². The van der Waals surface area contributed by atoms with E-state index < -0.39 is 0 Å². The quantitative estimate of drug-likeness (QED) is 0.691. The summed E-state index contributed by atoms with van der Waals surface area (Å²) in [6.07, 6.45) is 11.0. The number of nitrogens with one attached hydrogen (secondary N) is 1. The van der Waals surface area contributed by atoms with E-state index >= 15 is 0 Å². The first-order valence-electron chi connectivity index (χ1n) is 8.65. The molecule has 0 aromatic heterocycles. The molecule has 6 heteroatoms. The molecule has 132 valence electrons. The number of amides is 1. The lowest BCUT2D eigenvalue weighted by molar-refractivity contribution is -0.124. The molecule has 1 amide bonds. The monoisotopic (exact) mass is 332 g/mol. The Morgan fingerprint density at radius 2 is 2.21 bits per heavy atom. The maximum Gasteiger partial charge on any atom is 0.252 e. The number of aliphatic imine (C=N–C) groups is 1. The Morgan fingerprint density at radius 1 is 1.50 bits per heavy atom. The summed E-state index contributed by atoms with van der Waals surface area (Å²) >= 11 is 0. The molecule has 0 aromatic rings. The molecule has 0 radical (unpaired) electrons. The predicted molar refractivity (Wildman–Crippen MR) is 96.0 cm³/mol. The molecule has 1 fully saturated rings. The van der Waals surface area contributed by atoms with Crippen molar-refractivity contribution in [3.05, 3.63) is 36.3 Å². The van der Waals surface area contributed by atoms with Crippen LogP contribution in [0.25, 0.3) is 0 Å². The standard InChI is InChI=1S/C18H28N4O2/c1-13(10-11-23)22-17(24)9-8-15(12-19)18(22)21-14(2)20-16-6-4-3-5-7-16/h8-9,12-13,16,20,23H,2-7,10-11,19H2,1H3/b15-12-,21-18+. The number of amidine groups is 1. The summed E-state index contributed by atoms with van der Waals surface area (Å²) in [5.41, 5.74) is 6.38. The number of aliphatic hydroxyl groups excluding tert-OH is 1. The average molecular weight is 332 g/mol. The van der Waals surface area contributed by atoms with Gasteiger partial charge in [0, 0.05) is 36.5 Å². The number of rotatable bonds is 6. The van der Waals surface area contributed by atoms with Crippen LogP contribution in [0.1, 0.15) is 45.4 Å². The number of nitrogens with two attached hydrogens (primary N) is 1. The highest BCUT2D eigenvalue weighted by molar-refractivity contribution is 6.15. The molecule has 1 aliphatic heterocycles. The fourth-order valence-corrected chi connectivity index (χ4v) is 3.19. The minimum absolute atomic E-state index is 0.00485. The van der Waals surface area contributed by atoms with E-state index in [9.17, 15) is 9.90 Å². The number of carbonyl (C=O) groups is 1. The van der Waals surface area contributed by atoms with E-state index in [2.05, 4.69) is 16.9 Å². The van der Waals surface area contributed by atoms with Crippen LogP contribution in [0.2, 0.25) is 0 Å². The van der Waals surface area contributed by atoms with E-state index in [1.165, 1.54) is 31.5 Å². The summed E-state index contributed by atoms with van der Waals surface area (Å²) < 4.78 is 0. The van der Waals surface area contributed by atoms with Gasteiger partial charge in [0.1, 0.15) is 11.7 Å². The molecule has 0 aromatic carbocycles. The van der Waals surface area contributed by atoms with Crippen LogP contribution in [0, 0.1) is 0 Å². The zero-order valence-corrected chi connectivity index (χ0v) is 14.4. The molecule has 4 N–H and O–H groups in total. The molecule has 0 bridgehead atoms. The lowest BCUT2D eigenvalue weighted by Crippen LogP contribution is -2.46. The Kier molecular flexibility index (Phi) is 6.61. The number of hydrogen-bond acceptors (Lipinski definition) is 5. The van der Waals surface area contributed by atoms with Crippen LogP contribution < -0.4 is 11.1 Å². The molecule has 6 nitrogen and oxygen atoms in total. The average Bonchev–Trinajstić information content (AvgIpc) is 2.56. The fourth-order valence-electron chi connectivity index (χ4n) is 3.19. The van der Waals surface area contributed by atoms with Crippen molar-refractivity contribution in [2.24, 2.45) is 10.7 Å². The molecule has 1 unspecified atom stereocenters. The van der Waals surface area contributed by atoms with Gasteiger partial charge in [-0.3, -0.25) is 9.69 Å². The SMILES string of the molecule is C=C(/N=C1\C(=C/N)C=CC(=O)N1C(C)CCO)NC1CCCCC1. The minimum atomic E-state index is -0.177. The smallest absolute Gasteiger partial charge is 0.252 e. The summed E-state index contributed by atoms with van der Waals surface area (Å²) in [6.45, 7) is 5.89. The van der Waals surface area contributed by atoms with Crippen LogP contribution in [0.15, 0.2) is 41.3 Å². The lowest BCUT2D eigenvalue weighted by Gasteiger charge is -2.32. The summed E-state index contributed by atoms with van der Waals surface area (Å²) in [5, 5.41) is 12.6. The van der Waals surface area contributed by atoms with Crippen molar-refractivity contribution in [1.29, 1.82) is 0 Å². The Hall–Kier alpha value is -2.08. The molecule has 1 saturated carbocycles. The van der Waals surface area contributed by atoms with Crippen LogP contribution >= 0.6 is 0 Å². The first-order chi connectivity index (χ1) is 11.6. The van der Waals surface area contributed by atoms with Gasteiger partial charge >= 0.3 is 0 Å². The van der Waals surface area contributed by atoms with Crippen LogP contribution in [0.4, 0.5) is 0 Å². The van der Waals surface area contributed by atoms with E-state index in [4.69, 9.17) is 5.73 Å². The lowest BCUT2D eigenvalue weighted by atomic mass is 9.96. The van der Waals surface area contributed by atoms with Crippen molar-refractivity contribution in [2.75, 3.05) is 6.61 Å². The van der Waals surface area contributed by atoms with E-state index in [1.807, 2.05) is 6.92 Å². The van der Waals surface area contributed by atoms with E-state index in [-0.39, 0.29) is 18.6 Å². The second-order valence-electron chi connectivity index (χ2n) is 6.39. The van der Waals surface area contributed by atoms with Gasteiger partial charge in [0.15, 0.2) is 0 Å². The maximum atomic E-state index is 12.3. The summed E-state index contributed by atoms with van der Waals surface area (Å²) in [7, 11) is 0. The maximum absolute atomic E-state index is 12.3. The molecule has 2 rings (SSSR count). The zero-order valence-electron chi connectivity index (χ0n) is 14.4. The highest BCUT2D eigenvalue weighted by Crippen LogP contribution is 2.21. The van der Waals surface area contributed by atoms with Crippen molar-refractivity contribution < 1.29 is 9.90 Å². The predicted octanol–water partition coefficient (Wildman–Crippen LogP) is 1.79. The van der Waals surface area contributed by atoms with Gasteiger partial charge in [-0.1, -0.05) is 25.8 Å². The molecule has 0 spiro atoms. The van der Waals surface area contributed by atoms with E-state index in [1.54, 1.807) is 11.0 Å². The van der Waals surface area contributed by atoms with Crippen LogP contribution in [0.3, 0.4) is 0 Å². The van der Waals surface area contributed by atoms with Crippen molar-refractivity contribution in [3.63, 3.8) is 0 Å². The molecule has 1 atom stereocenters. The number of aliphatic hydroxyl groups is 1. The Labute approximate surface area is 143 Å². The first-order valence-corrected chi connectivity index (χ1v) is 8.65. The first kappa shape index (κ1) is 18.3. The zero-order chi connectivity index (χ0) is 17.5. The van der Waals surface area contributed by atoms with Crippen LogP contribution in [0.5, 0.6) is 0 Å². The van der Waals surface area contributed by atoms with E-state index in [0.29, 0.717) is 29.7 Å². The largest absolute Gasteiger partial charge is 0.404 e.